The highest BCUT2D eigenvalue weighted by Crippen LogP contribution is 2.25. The summed E-state index contributed by atoms with van der Waals surface area (Å²) in [4.78, 5) is 15.8. The highest BCUT2D eigenvalue weighted by molar-refractivity contribution is 7.12. The molecule has 0 bridgehead atoms. The molecule has 1 amide bonds. The second-order valence-electron chi connectivity index (χ2n) is 8.28. The van der Waals surface area contributed by atoms with Gasteiger partial charge in [-0.3, -0.25) is 4.79 Å². The first kappa shape index (κ1) is 20.7. The van der Waals surface area contributed by atoms with Gasteiger partial charge in [-0.05, 0) is 79.3 Å². The Balaban J connectivity index is 1.28. The first-order valence-corrected chi connectivity index (χ1v) is 11.6. The Morgan fingerprint density at radius 2 is 1.77 bits per heavy atom. The fraction of sp³-hybridized carbons (Fsp3) is 0.346. The van der Waals surface area contributed by atoms with Crippen molar-refractivity contribution in [1.29, 1.82) is 0 Å². The van der Waals surface area contributed by atoms with Gasteiger partial charge >= 0.3 is 0 Å². The number of rotatable bonds is 6. The number of likely N-dealkylation sites (tertiary alicyclic amines) is 1. The summed E-state index contributed by atoms with van der Waals surface area (Å²) in [5.74, 6) is 1.70. The van der Waals surface area contributed by atoms with Crippen LogP contribution in [0.25, 0.3) is 0 Å². The molecule has 1 aliphatic heterocycles. The Morgan fingerprint density at radius 3 is 2.50 bits per heavy atom. The van der Waals surface area contributed by atoms with E-state index in [1.165, 1.54) is 28.0 Å². The molecule has 4 heteroatoms. The van der Waals surface area contributed by atoms with Gasteiger partial charge in [0.1, 0.15) is 12.4 Å². The Labute approximate surface area is 183 Å². The second kappa shape index (κ2) is 9.48. The second-order valence-corrected chi connectivity index (χ2v) is 9.19. The van der Waals surface area contributed by atoms with E-state index in [0.717, 1.165) is 48.5 Å². The predicted octanol–water partition coefficient (Wildman–Crippen LogP) is 6.04. The van der Waals surface area contributed by atoms with Gasteiger partial charge < -0.3 is 9.64 Å². The van der Waals surface area contributed by atoms with Crippen molar-refractivity contribution in [3.05, 3.63) is 87.1 Å². The van der Waals surface area contributed by atoms with Crippen molar-refractivity contribution in [2.24, 2.45) is 5.92 Å². The fourth-order valence-corrected chi connectivity index (χ4v) is 4.84. The third-order valence-electron chi connectivity index (χ3n) is 6.02. The van der Waals surface area contributed by atoms with Crippen LogP contribution in [0.3, 0.4) is 0 Å². The lowest BCUT2D eigenvalue weighted by atomic mass is 9.90. The van der Waals surface area contributed by atoms with E-state index in [1.54, 1.807) is 0 Å². The van der Waals surface area contributed by atoms with E-state index in [0.29, 0.717) is 12.5 Å². The highest BCUT2D eigenvalue weighted by Gasteiger charge is 2.24. The number of benzene rings is 2. The molecule has 2 heterocycles. The third-order valence-corrected chi connectivity index (χ3v) is 6.98. The molecule has 3 nitrogen and oxygen atoms in total. The van der Waals surface area contributed by atoms with Crippen LogP contribution < -0.4 is 4.74 Å². The largest absolute Gasteiger partial charge is 0.489 e. The van der Waals surface area contributed by atoms with Crippen LogP contribution >= 0.6 is 11.3 Å². The van der Waals surface area contributed by atoms with E-state index < -0.39 is 0 Å². The first-order chi connectivity index (χ1) is 14.6. The molecule has 0 unspecified atom stereocenters. The topological polar surface area (TPSA) is 29.5 Å². The maximum absolute atomic E-state index is 12.9. The van der Waals surface area contributed by atoms with Gasteiger partial charge in [-0.2, -0.15) is 0 Å². The number of carbonyl (C=O) groups excluding carboxylic acids is 1. The first-order valence-electron chi connectivity index (χ1n) is 10.7. The molecule has 30 heavy (non-hydrogen) atoms. The van der Waals surface area contributed by atoms with E-state index in [4.69, 9.17) is 4.74 Å². The predicted molar refractivity (Wildman–Crippen MR) is 123 cm³/mol. The van der Waals surface area contributed by atoms with Crippen LogP contribution in [0.5, 0.6) is 5.75 Å². The van der Waals surface area contributed by atoms with Crippen LogP contribution in [0.2, 0.25) is 0 Å². The Morgan fingerprint density at radius 1 is 1.00 bits per heavy atom. The molecule has 2 aromatic carbocycles. The number of amides is 1. The number of hydrogen-bond acceptors (Lipinski definition) is 3. The van der Waals surface area contributed by atoms with Gasteiger partial charge in [-0.15, -0.1) is 11.3 Å². The minimum absolute atomic E-state index is 0.163. The lowest BCUT2D eigenvalue weighted by Crippen LogP contribution is -2.38. The van der Waals surface area contributed by atoms with Gasteiger partial charge in [-0.1, -0.05) is 36.4 Å². The number of ether oxygens (including phenoxy) is 1. The van der Waals surface area contributed by atoms with Crippen molar-refractivity contribution < 1.29 is 9.53 Å². The molecule has 0 aliphatic carbocycles. The maximum atomic E-state index is 12.9. The maximum Gasteiger partial charge on any atom is 0.263 e. The Bertz CT molecular complexity index is 987. The molecule has 3 aromatic rings. The molecule has 1 fully saturated rings. The van der Waals surface area contributed by atoms with Gasteiger partial charge in [0.2, 0.25) is 0 Å². The average Bonchev–Trinajstić information content (AvgIpc) is 3.24. The van der Waals surface area contributed by atoms with Gasteiger partial charge in [-0.25, -0.2) is 0 Å². The fourth-order valence-electron chi connectivity index (χ4n) is 3.98. The summed E-state index contributed by atoms with van der Waals surface area (Å²) >= 11 is 1.52. The average molecular weight is 420 g/mol. The third kappa shape index (κ3) is 5.11. The summed E-state index contributed by atoms with van der Waals surface area (Å²) < 4.78 is 5.92. The van der Waals surface area contributed by atoms with Crippen LogP contribution in [0.15, 0.2) is 60.0 Å². The standard InChI is InChI=1S/C26H29NO2S/c1-19-8-9-24(14-20(19)2)29-17-23-16-25(30-18-23)26(28)27-12-10-22(11-13-27)15-21-6-4-3-5-7-21/h3-9,14,16,18,22H,10-13,15,17H2,1-2H3. The van der Waals surface area contributed by atoms with Gasteiger partial charge in [0, 0.05) is 18.7 Å². The van der Waals surface area contributed by atoms with Gasteiger partial charge in [0.25, 0.3) is 5.91 Å². The number of thiophene rings is 1. The van der Waals surface area contributed by atoms with E-state index in [2.05, 4.69) is 56.3 Å². The number of hydrogen-bond donors (Lipinski definition) is 0. The van der Waals surface area contributed by atoms with Crippen LogP contribution in [-0.2, 0) is 13.0 Å². The van der Waals surface area contributed by atoms with Crippen molar-refractivity contribution in [1.82, 2.24) is 4.90 Å². The smallest absolute Gasteiger partial charge is 0.263 e. The zero-order valence-corrected chi connectivity index (χ0v) is 18.6. The molecular weight excluding hydrogens is 390 g/mol. The number of carbonyl (C=O) groups is 1. The lowest BCUT2D eigenvalue weighted by molar-refractivity contribution is 0.0695. The molecule has 0 radical (unpaired) electrons. The zero-order valence-electron chi connectivity index (χ0n) is 17.8. The van der Waals surface area contributed by atoms with E-state index in [9.17, 15) is 4.79 Å². The number of aryl methyl sites for hydroxylation is 2. The molecule has 1 aliphatic rings. The molecule has 156 valence electrons. The van der Waals surface area contributed by atoms with Crippen LogP contribution in [0.1, 0.15) is 44.8 Å². The summed E-state index contributed by atoms with van der Waals surface area (Å²) in [6.07, 6.45) is 3.27. The minimum Gasteiger partial charge on any atom is -0.489 e. The molecule has 0 N–H and O–H groups in total. The number of piperidine rings is 1. The lowest BCUT2D eigenvalue weighted by Gasteiger charge is -2.31. The Hall–Kier alpha value is -2.59. The molecule has 0 spiro atoms. The van der Waals surface area contributed by atoms with E-state index >= 15 is 0 Å². The summed E-state index contributed by atoms with van der Waals surface area (Å²) in [5, 5.41) is 2.04. The molecule has 4 rings (SSSR count). The normalized spacial score (nSPS) is 14.7. The van der Waals surface area contributed by atoms with Crippen molar-refractivity contribution in [3.8, 4) is 5.75 Å². The summed E-state index contributed by atoms with van der Waals surface area (Å²) in [7, 11) is 0. The quantitative estimate of drug-likeness (QED) is 0.487. The number of nitrogens with zero attached hydrogens (tertiary/aromatic N) is 1. The van der Waals surface area contributed by atoms with Crippen molar-refractivity contribution in [3.63, 3.8) is 0 Å². The molecule has 1 saturated heterocycles. The molecule has 1 aromatic heterocycles. The van der Waals surface area contributed by atoms with Crippen molar-refractivity contribution in [2.75, 3.05) is 13.1 Å². The van der Waals surface area contributed by atoms with Crippen LogP contribution in [0.4, 0.5) is 0 Å². The van der Waals surface area contributed by atoms with Crippen LogP contribution in [-0.4, -0.2) is 23.9 Å². The molecular formula is C26H29NO2S. The van der Waals surface area contributed by atoms with Crippen LogP contribution in [0, 0.1) is 19.8 Å². The minimum atomic E-state index is 0.163. The monoisotopic (exact) mass is 419 g/mol. The highest BCUT2D eigenvalue weighted by atomic mass is 32.1. The summed E-state index contributed by atoms with van der Waals surface area (Å²) in [6, 6.07) is 18.8. The summed E-state index contributed by atoms with van der Waals surface area (Å²) in [5.41, 5.74) is 4.94. The Kier molecular flexibility index (Phi) is 6.53. The van der Waals surface area contributed by atoms with E-state index in [-0.39, 0.29) is 5.91 Å². The van der Waals surface area contributed by atoms with Gasteiger partial charge in [0.05, 0.1) is 4.88 Å². The zero-order chi connectivity index (χ0) is 20.9. The SMILES string of the molecule is Cc1ccc(OCc2csc(C(=O)N3CCC(Cc4ccccc4)CC3)c2)cc1C. The van der Waals surface area contributed by atoms with Gasteiger partial charge in [0.15, 0.2) is 0 Å². The molecule has 0 saturated carbocycles. The summed E-state index contributed by atoms with van der Waals surface area (Å²) in [6.45, 7) is 6.38. The van der Waals surface area contributed by atoms with Crippen molar-refractivity contribution >= 4 is 17.2 Å². The molecule has 0 atom stereocenters. The van der Waals surface area contributed by atoms with Crippen molar-refractivity contribution in [2.45, 2.75) is 39.7 Å². The van der Waals surface area contributed by atoms with E-state index in [1.807, 2.05) is 22.4 Å².